The summed E-state index contributed by atoms with van der Waals surface area (Å²) in [6.45, 7) is 0.705. The highest BCUT2D eigenvalue weighted by atomic mass is 35.5. The predicted octanol–water partition coefficient (Wildman–Crippen LogP) is 0.317. The number of hydrazine groups is 1. The maximum absolute atomic E-state index is 4.87. The van der Waals surface area contributed by atoms with E-state index in [4.69, 9.17) is 12.3 Å². The number of nitrogens with two attached hydrogens (primary N) is 1. The minimum absolute atomic E-state index is 0. The summed E-state index contributed by atoms with van der Waals surface area (Å²) in [7, 11) is 0. The molecule has 0 saturated carbocycles. The monoisotopic (exact) mass is 156 g/mol. The van der Waals surface area contributed by atoms with Crippen LogP contribution in [0, 0.1) is 12.3 Å². The lowest BCUT2D eigenvalue weighted by molar-refractivity contribution is 0.748. The molecule has 0 aromatic heterocycles. The number of nitrogens with one attached hydrogen (secondary N) is 1. The topological polar surface area (TPSA) is 38.0 Å². The fraction of sp³-hybridized carbons (Fsp3) is 0.500. The number of hydrogen-bond acceptors (Lipinski definition) is 2. The van der Waals surface area contributed by atoms with Crippen LogP contribution in [0.15, 0.2) is 0 Å². The Bertz CT molecular complexity index is 59.5. The van der Waals surface area contributed by atoms with Crippen molar-refractivity contribution in [1.82, 2.24) is 5.43 Å². The Kier molecular flexibility index (Phi) is 30.8. The van der Waals surface area contributed by atoms with Crippen LogP contribution in [0.25, 0.3) is 0 Å². The summed E-state index contributed by atoms with van der Waals surface area (Å²) in [5, 5.41) is 0. The van der Waals surface area contributed by atoms with Gasteiger partial charge in [0.2, 0.25) is 0 Å². The summed E-state index contributed by atoms with van der Waals surface area (Å²) < 4.78 is 0. The van der Waals surface area contributed by atoms with Crippen LogP contribution in [-0.4, -0.2) is 6.54 Å². The molecule has 0 fully saturated rings. The Labute approximate surface area is 62.0 Å². The first-order valence-electron chi connectivity index (χ1n) is 1.78. The Morgan fingerprint density at radius 3 is 2.12 bits per heavy atom. The lowest BCUT2D eigenvalue weighted by Crippen LogP contribution is -2.22. The molecular weight excluding hydrogens is 147 g/mol. The average Bonchev–Trinajstić information content (AvgIpc) is 1.61. The zero-order chi connectivity index (χ0) is 4.83. The van der Waals surface area contributed by atoms with Gasteiger partial charge in [-0.3, -0.25) is 11.3 Å². The van der Waals surface area contributed by atoms with Crippen LogP contribution >= 0.6 is 24.8 Å². The predicted molar refractivity (Wildman–Crippen MR) is 40.1 cm³/mol. The van der Waals surface area contributed by atoms with Gasteiger partial charge < -0.3 is 0 Å². The van der Waals surface area contributed by atoms with Crippen molar-refractivity contribution in [2.75, 3.05) is 6.54 Å². The van der Waals surface area contributed by atoms with Crippen LogP contribution in [0.3, 0.4) is 0 Å². The van der Waals surface area contributed by atoms with E-state index in [2.05, 4.69) is 11.3 Å². The van der Waals surface area contributed by atoms with Gasteiger partial charge in [0.1, 0.15) is 0 Å². The number of rotatable bonds is 2. The van der Waals surface area contributed by atoms with Crippen molar-refractivity contribution in [2.45, 2.75) is 6.42 Å². The molecule has 0 aliphatic carbocycles. The maximum atomic E-state index is 4.87. The molecule has 0 heterocycles. The molecule has 3 N–H and O–H groups in total. The van der Waals surface area contributed by atoms with E-state index in [1.54, 1.807) is 0 Å². The molecule has 0 bridgehead atoms. The highest BCUT2D eigenvalue weighted by Gasteiger charge is 1.69. The summed E-state index contributed by atoms with van der Waals surface area (Å²) in [4.78, 5) is 0. The third-order valence-corrected chi connectivity index (χ3v) is 0.414. The van der Waals surface area contributed by atoms with Gasteiger partial charge in [0, 0.05) is 13.0 Å². The molecule has 0 radical (unpaired) electrons. The lowest BCUT2D eigenvalue weighted by Gasteiger charge is -1.85. The van der Waals surface area contributed by atoms with Crippen LogP contribution in [0.1, 0.15) is 6.42 Å². The number of halogens is 2. The molecular formula is C4H10Cl2N2. The van der Waals surface area contributed by atoms with E-state index in [-0.39, 0.29) is 24.8 Å². The Morgan fingerprint density at radius 2 is 2.00 bits per heavy atom. The summed E-state index contributed by atoms with van der Waals surface area (Å²) in [6, 6.07) is 0. The second kappa shape index (κ2) is 15.7. The van der Waals surface area contributed by atoms with Crippen molar-refractivity contribution in [2.24, 2.45) is 5.84 Å². The Balaban J connectivity index is -0.000000125. The van der Waals surface area contributed by atoms with E-state index in [0.717, 1.165) is 0 Å². The molecule has 0 aliphatic rings. The van der Waals surface area contributed by atoms with Gasteiger partial charge in [-0.05, 0) is 0 Å². The quantitative estimate of drug-likeness (QED) is 0.262. The molecule has 4 heteroatoms. The summed E-state index contributed by atoms with van der Waals surface area (Å²) >= 11 is 0. The first kappa shape index (κ1) is 15.7. The lowest BCUT2D eigenvalue weighted by atomic mass is 10.5. The van der Waals surface area contributed by atoms with E-state index in [1.165, 1.54) is 0 Å². The summed E-state index contributed by atoms with van der Waals surface area (Å²) in [5.74, 6) is 7.30. The Hall–Kier alpha value is 0.0600. The molecule has 2 nitrogen and oxygen atoms in total. The smallest absolute Gasteiger partial charge is 0.0225 e. The molecule has 0 rings (SSSR count). The molecule has 0 aromatic rings. The Morgan fingerprint density at radius 1 is 1.50 bits per heavy atom. The third kappa shape index (κ3) is 16.6. The first-order valence-corrected chi connectivity index (χ1v) is 1.78. The van der Waals surface area contributed by atoms with Crippen LogP contribution in [0.4, 0.5) is 0 Å². The highest BCUT2D eigenvalue weighted by molar-refractivity contribution is 5.85. The summed E-state index contributed by atoms with van der Waals surface area (Å²) in [6.07, 6.45) is 5.57. The van der Waals surface area contributed by atoms with Gasteiger partial charge in [0.05, 0.1) is 0 Å². The number of terminal acetylenes is 1. The normalized spacial score (nSPS) is 5.50. The SMILES string of the molecule is C#CCCNN.Cl.Cl. The highest BCUT2D eigenvalue weighted by Crippen LogP contribution is 1.62. The van der Waals surface area contributed by atoms with Crippen molar-refractivity contribution in [3.05, 3.63) is 0 Å². The molecule has 0 spiro atoms. The van der Waals surface area contributed by atoms with Crippen LogP contribution < -0.4 is 11.3 Å². The van der Waals surface area contributed by atoms with Gasteiger partial charge in [-0.1, -0.05) is 0 Å². The standard InChI is InChI=1S/C4H8N2.2ClH/c1-2-3-4-6-5;;/h1,6H,3-5H2;2*1H. The van der Waals surface area contributed by atoms with Crippen LogP contribution in [0.5, 0.6) is 0 Å². The van der Waals surface area contributed by atoms with Gasteiger partial charge in [-0.25, -0.2) is 0 Å². The summed E-state index contributed by atoms with van der Waals surface area (Å²) in [5.41, 5.74) is 2.43. The number of hydrogen-bond donors (Lipinski definition) is 2. The zero-order valence-corrected chi connectivity index (χ0v) is 6.02. The molecule has 0 unspecified atom stereocenters. The van der Waals surface area contributed by atoms with Gasteiger partial charge in [0.25, 0.3) is 0 Å². The van der Waals surface area contributed by atoms with E-state index < -0.39 is 0 Å². The average molecular weight is 157 g/mol. The van der Waals surface area contributed by atoms with Gasteiger partial charge in [-0.2, -0.15) is 0 Å². The first-order chi connectivity index (χ1) is 2.91. The van der Waals surface area contributed by atoms with E-state index >= 15 is 0 Å². The molecule has 0 atom stereocenters. The molecule has 50 valence electrons. The van der Waals surface area contributed by atoms with Crippen molar-refractivity contribution < 1.29 is 0 Å². The fourth-order valence-corrected chi connectivity index (χ4v) is 0.144. The van der Waals surface area contributed by atoms with Gasteiger partial charge in [0.15, 0.2) is 0 Å². The van der Waals surface area contributed by atoms with E-state index in [9.17, 15) is 0 Å². The maximum Gasteiger partial charge on any atom is 0.0225 e. The molecule has 0 amide bonds. The van der Waals surface area contributed by atoms with E-state index in [1.807, 2.05) is 0 Å². The van der Waals surface area contributed by atoms with Crippen LogP contribution in [0.2, 0.25) is 0 Å². The fourth-order valence-electron chi connectivity index (χ4n) is 0.144. The third-order valence-electron chi connectivity index (χ3n) is 0.414. The van der Waals surface area contributed by atoms with Gasteiger partial charge in [-0.15, -0.1) is 37.2 Å². The second-order valence-corrected chi connectivity index (χ2v) is 0.908. The van der Waals surface area contributed by atoms with E-state index in [0.29, 0.717) is 13.0 Å². The molecule has 0 aliphatic heterocycles. The van der Waals surface area contributed by atoms with Crippen LogP contribution in [-0.2, 0) is 0 Å². The van der Waals surface area contributed by atoms with Crippen molar-refractivity contribution in [3.8, 4) is 12.3 Å². The van der Waals surface area contributed by atoms with Crippen molar-refractivity contribution in [3.63, 3.8) is 0 Å². The van der Waals surface area contributed by atoms with Crippen molar-refractivity contribution >= 4 is 24.8 Å². The molecule has 0 saturated heterocycles. The minimum Gasteiger partial charge on any atom is -0.271 e. The molecule has 0 aromatic carbocycles. The molecule has 8 heavy (non-hydrogen) atoms. The second-order valence-electron chi connectivity index (χ2n) is 0.908. The zero-order valence-electron chi connectivity index (χ0n) is 4.39. The minimum atomic E-state index is 0. The van der Waals surface area contributed by atoms with Crippen molar-refractivity contribution in [1.29, 1.82) is 0 Å². The largest absolute Gasteiger partial charge is 0.271 e. The van der Waals surface area contributed by atoms with Gasteiger partial charge >= 0.3 is 0 Å².